The Morgan fingerprint density at radius 1 is 1.05 bits per heavy atom. The largest absolute Gasteiger partial charge is 0.387 e. The zero-order valence-electron chi connectivity index (χ0n) is 10.4. The van der Waals surface area contributed by atoms with Crippen LogP contribution in [-0.4, -0.2) is 5.11 Å². The minimum Gasteiger partial charge on any atom is -0.387 e. The van der Waals surface area contributed by atoms with Gasteiger partial charge in [-0.2, -0.15) is 0 Å². The molecule has 1 N–H and O–H groups in total. The minimum absolute atomic E-state index is 0.230. The first-order valence-electron chi connectivity index (χ1n) is 6.17. The van der Waals surface area contributed by atoms with E-state index in [9.17, 15) is 9.50 Å². The van der Waals surface area contributed by atoms with Gasteiger partial charge in [0.1, 0.15) is 5.82 Å². The third kappa shape index (κ3) is 2.48. The molecule has 0 aromatic heterocycles. The molecular formula is C16H11Br2FO. The van der Waals surface area contributed by atoms with Crippen LogP contribution in [-0.2, 0) is 0 Å². The number of benzene rings is 2. The molecule has 0 saturated carbocycles. The highest BCUT2D eigenvalue weighted by molar-refractivity contribution is 9.13. The molecular weight excluding hydrogens is 387 g/mol. The van der Waals surface area contributed by atoms with Crippen LogP contribution in [0.15, 0.2) is 51.4 Å². The zero-order chi connectivity index (χ0) is 14.3. The van der Waals surface area contributed by atoms with Crippen LogP contribution < -0.4 is 0 Å². The van der Waals surface area contributed by atoms with Crippen LogP contribution in [0.3, 0.4) is 0 Å². The third-order valence-corrected chi connectivity index (χ3v) is 5.35. The monoisotopic (exact) mass is 396 g/mol. The second-order valence-corrected chi connectivity index (χ2v) is 6.49. The average molecular weight is 398 g/mol. The first kappa shape index (κ1) is 14.0. The third-order valence-electron chi connectivity index (χ3n) is 3.50. The Kier molecular flexibility index (Phi) is 3.80. The summed E-state index contributed by atoms with van der Waals surface area (Å²) in [6, 6.07) is 10.2. The summed E-state index contributed by atoms with van der Waals surface area (Å²) in [5, 5.41) is 10.6. The predicted molar refractivity (Wildman–Crippen MR) is 85.0 cm³/mol. The molecule has 2 aromatic rings. The molecule has 0 saturated heterocycles. The van der Waals surface area contributed by atoms with Gasteiger partial charge >= 0.3 is 0 Å². The molecule has 20 heavy (non-hydrogen) atoms. The Labute approximate surface area is 133 Å². The van der Waals surface area contributed by atoms with Gasteiger partial charge in [-0.3, -0.25) is 0 Å². The Morgan fingerprint density at radius 3 is 2.55 bits per heavy atom. The quantitative estimate of drug-likeness (QED) is 0.701. The molecule has 0 aliphatic heterocycles. The van der Waals surface area contributed by atoms with Gasteiger partial charge in [0.15, 0.2) is 0 Å². The van der Waals surface area contributed by atoms with Crippen LogP contribution in [0.25, 0.3) is 6.08 Å². The second-order valence-electron chi connectivity index (χ2n) is 4.78. The van der Waals surface area contributed by atoms with E-state index in [4.69, 9.17) is 0 Å². The fourth-order valence-electron chi connectivity index (χ4n) is 2.49. The van der Waals surface area contributed by atoms with E-state index in [0.717, 1.165) is 25.6 Å². The molecule has 102 valence electrons. The van der Waals surface area contributed by atoms with Crippen molar-refractivity contribution >= 4 is 37.9 Å². The molecule has 0 heterocycles. The van der Waals surface area contributed by atoms with Crippen LogP contribution >= 0.6 is 31.9 Å². The van der Waals surface area contributed by atoms with Crippen molar-refractivity contribution in [3.63, 3.8) is 0 Å². The van der Waals surface area contributed by atoms with Crippen molar-refractivity contribution < 1.29 is 9.50 Å². The first-order valence-corrected chi connectivity index (χ1v) is 7.75. The van der Waals surface area contributed by atoms with Gasteiger partial charge in [0.25, 0.3) is 0 Å². The lowest BCUT2D eigenvalue weighted by atomic mass is 9.83. The molecule has 1 aliphatic rings. The fraction of sp³-hybridized carbons (Fsp3) is 0.125. The van der Waals surface area contributed by atoms with Crippen molar-refractivity contribution in [2.45, 2.75) is 12.0 Å². The summed E-state index contributed by atoms with van der Waals surface area (Å²) in [6.07, 6.45) is 3.21. The summed E-state index contributed by atoms with van der Waals surface area (Å²) in [7, 11) is 0. The highest BCUT2D eigenvalue weighted by atomic mass is 79.9. The molecule has 2 aromatic carbocycles. The average Bonchev–Trinajstić information content (AvgIpc) is 2.41. The van der Waals surface area contributed by atoms with Gasteiger partial charge in [0, 0.05) is 14.9 Å². The molecule has 0 amide bonds. The number of aliphatic hydroxyl groups is 1. The molecule has 2 atom stereocenters. The topological polar surface area (TPSA) is 20.2 Å². The second kappa shape index (κ2) is 5.43. The molecule has 1 aliphatic carbocycles. The van der Waals surface area contributed by atoms with E-state index < -0.39 is 6.10 Å². The van der Waals surface area contributed by atoms with Crippen molar-refractivity contribution in [1.82, 2.24) is 0 Å². The summed E-state index contributed by atoms with van der Waals surface area (Å²) >= 11 is 6.90. The SMILES string of the molecule is O[C@@H]1c2cc(Br)c(Br)cc2C=C[C@H]1c1cccc(F)c1. The van der Waals surface area contributed by atoms with E-state index >= 15 is 0 Å². The summed E-state index contributed by atoms with van der Waals surface area (Å²) in [6.45, 7) is 0. The number of halogens is 3. The number of rotatable bonds is 1. The number of fused-ring (bicyclic) bond motifs is 1. The van der Waals surface area contributed by atoms with Crippen LogP contribution in [0.4, 0.5) is 4.39 Å². The lowest BCUT2D eigenvalue weighted by Gasteiger charge is -2.26. The first-order chi connectivity index (χ1) is 9.56. The van der Waals surface area contributed by atoms with E-state index in [2.05, 4.69) is 31.9 Å². The van der Waals surface area contributed by atoms with Gasteiger partial charge in [0.2, 0.25) is 0 Å². The van der Waals surface area contributed by atoms with Gasteiger partial charge < -0.3 is 5.11 Å². The van der Waals surface area contributed by atoms with Crippen LogP contribution in [0, 0.1) is 5.82 Å². The standard InChI is InChI=1S/C16H11Br2FO/c17-14-7-10-4-5-12(9-2-1-3-11(19)6-9)16(20)13(10)8-15(14)18/h1-8,12,16,20H/t12-,16-/m0/s1. The maximum Gasteiger partial charge on any atom is 0.123 e. The van der Waals surface area contributed by atoms with Crippen LogP contribution in [0.1, 0.15) is 28.7 Å². The molecule has 0 bridgehead atoms. The molecule has 1 nitrogen and oxygen atoms in total. The highest BCUT2D eigenvalue weighted by Gasteiger charge is 2.26. The number of hydrogen-bond donors (Lipinski definition) is 1. The number of aliphatic hydroxyl groups excluding tert-OH is 1. The highest BCUT2D eigenvalue weighted by Crippen LogP contribution is 2.41. The van der Waals surface area contributed by atoms with E-state index in [1.54, 1.807) is 6.07 Å². The van der Waals surface area contributed by atoms with Gasteiger partial charge in [-0.25, -0.2) is 4.39 Å². The normalized spacial score (nSPS) is 20.8. The summed E-state index contributed by atoms with van der Waals surface area (Å²) in [5.74, 6) is -0.517. The Balaban J connectivity index is 2.05. The van der Waals surface area contributed by atoms with E-state index in [-0.39, 0.29) is 11.7 Å². The molecule has 0 spiro atoms. The van der Waals surface area contributed by atoms with E-state index in [1.165, 1.54) is 12.1 Å². The molecule has 4 heteroatoms. The Bertz CT molecular complexity index is 697. The van der Waals surface area contributed by atoms with Crippen LogP contribution in [0.2, 0.25) is 0 Å². The van der Waals surface area contributed by atoms with Crippen LogP contribution in [0.5, 0.6) is 0 Å². The molecule has 0 fully saturated rings. The Hall–Kier alpha value is -0.970. The smallest absolute Gasteiger partial charge is 0.123 e. The minimum atomic E-state index is -0.679. The van der Waals surface area contributed by atoms with Crippen molar-refractivity contribution in [2.24, 2.45) is 0 Å². The molecule has 0 unspecified atom stereocenters. The lowest BCUT2D eigenvalue weighted by molar-refractivity contribution is 0.160. The molecule has 0 radical (unpaired) electrons. The predicted octanol–water partition coefficient (Wildman–Crippen LogP) is 5.19. The van der Waals surface area contributed by atoms with Crippen molar-refractivity contribution in [2.75, 3.05) is 0 Å². The van der Waals surface area contributed by atoms with Gasteiger partial charge in [-0.1, -0.05) is 24.3 Å². The van der Waals surface area contributed by atoms with Gasteiger partial charge in [0.05, 0.1) is 6.10 Å². The maximum atomic E-state index is 13.3. The van der Waals surface area contributed by atoms with E-state index in [1.807, 2.05) is 30.4 Å². The van der Waals surface area contributed by atoms with Crippen molar-refractivity contribution in [3.05, 3.63) is 73.9 Å². The summed E-state index contributed by atoms with van der Waals surface area (Å²) in [4.78, 5) is 0. The molecule has 3 rings (SSSR count). The Morgan fingerprint density at radius 2 is 1.80 bits per heavy atom. The van der Waals surface area contributed by atoms with Crippen molar-refractivity contribution in [3.8, 4) is 0 Å². The van der Waals surface area contributed by atoms with Crippen molar-refractivity contribution in [1.29, 1.82) is 0 Å². The summed E-state index contributed by atoms with van der Waals surface area (Å²) < 4.78 is 15.2. The van der Waals surface area contributed by atoms with Gasteiger partial charge in [-0.15, -0.1) is 0 Å². The zero-order valence-corrected chi connectivity index (χ0v) is 13.5. The summed E-state index contributed by atoms with van der Waals surface area (Å²) in [5.41, 5.74) is 2.59. The maximum absolute atomic E-state index is 13.3. The van der Waals surface area contributed by atoms with Gasteiger partial charge in [-0.05, 0) is 72.8 Å². The fourth-order valence-corrected chi connectivity index (χ4v) is 3.21. The number of hydrogen-bond acceptors (Lipinski definition) is 1. The lowest BCUT2D eigenvalue weighted by Crippen LogP contribution is -2.13. The van der Waals surface area contributed by atoms with E-state index in [0.29, 0.717) is 0 Å².